The molecule has 0 aliphatic rings. The van der Waals surface area contributed by atoms with Crippen molar-refractivity contribution in [3.05, 3.63) is 0 Å². The number of unbranched alkanes of at least 4 members (excludes halogenated alkanes) is 2. The molecule has 0 aromatic carbocycles. The lowest BCUT2D eigenvalue weighted by molar-refractivity contribution is -0.133. The SMILES string of the molecule is CC(C)CCC(=O)NC(C)C.CC(C)CCC(=O)NCC(C)C.CC(C)CCC(=O)NCC(C)C.CC(C)CCCC(=O)CC(C)C.CC(C)CCCC(=O)CC(C)C.CC(C)CCCC(=O)CC(C)C.CC(C)CCCC(=O)N(C)C(C)C.CC(C)CCCCC(=O)C(C)C.CC(C)CCCCC(=O)NC(C)C.CC(C)CCN(C)C(=O)C(C)C.CC(C)CCN(C)C(=O)CC(C)C. The Morgan fingerprint density at radius 3 is 0.716 bits per heavy atom. The van der Waals surface area contributed by atoms with E-state index < -0.39 is 0 Å². The molecule has 18 nitrogen and oxygen atoms in total. The van der Waals surface area contributed by atoms with E-state index in [0.29, 0.717) is 139 Å². The summed E-state index contributed by atoms with van der Waals surface area (Å²) in [5.74, 6) is 14.4. The van der Waals surface area contributed by atoms with E-state index >= 15 is 0 Å². The zero-order chi connectivity index (χ0) is 107. The Morgan fingerprint density at radius 2 is 0.470 bits per heavy atom. The van der Waals surface area contributed by atoms with Gasteiger partial charge in [0.05, 0.1) is 0 Å². The number of nitrogens with one attached hydrogen (secondary N) is 4. The predicted octanol–water partition coefficient (Wildman–Crippen LogP) is 30.1. The Hall–Kier alpha value is -5.03. The highest BCUT2D eigenvalue weighted by atomic mass is 16.2. The molecule has 804 valence electrons. The number of hydrogen-bond acceptors (Lipinski definition) is 11. The number of rotatable bonds is 58. The largest absolute Gasteiger partial charge is 0.356 e. The van der Waals surface area contributed by atoms with Gasteiger partial charge in [0.2, 0.25) is 41.4 Å². The highest BCUT2D eigenvalue weighted by molar-refractivity contribution is 5.81. The minimum atomic E-state index is 0.127. The van der Waals surface area contributed by atoms with Gasteiger partial charge in [0.1, 0.15) is 23.1 Å². The average Bonchev–Trinajstić information content (AvgIpc) is 0.949. The lowest BCUT2D eigenvalue weighted by atomic mass is 10.0. The quantitative estimate of drug-likeness (QED) is 0.0417. The molecule has 0 atom stereocenters. The standard InChI is InChI=1S/3C11H23NO.4C11H22O.3C10H21NO.C9H19NO/c1-9(2)6-7-12(5)11(13)8-10(3)4;1-9(2)7-6-8-11(13)12(5)10(3)4;1-9(2)7-5-6-8-11(13)12-10(3)4;3*1-9(2)6-5-7-11(12)8-10(3)4;1-9(2)7-5-6-8-11(12)10(3)4;1-8(2)6-7-11(5)10(12)9(3)4;2*1-8(2)5-6-10(12)11-7-9(3)4;1-7(2)5-6-9(11)10-8(3)4/h2*9-10H,6-8H2,1-5H3;9-10H,5-8H2,1-4H3,(H,12,13);4*9-10H,5-8H2,1-4H3;8-9H,6-7H2,1-5H3;2*8-9H,5-7H2,1-4H3,(H,11,12);7-8H,5-6H2,1-4H3,(H,10,11). The number of carbonyl (C=O) groups is 11. The van der Waals surface area contributed by atoms with Gasteiger partial charge in [-0.05, 0) is 213 Å². The summed E-state index contributed by atoms with van der Waals surface area (Å²) in [6, 6.07) is 0.874. The van der Waals surface area contributed by atoms with Crippen LogP contribution in [0.15, 0.2) is 0 Å². The van der Waals surface area contributed by atoms with Crippen LogP contribution in [0.25, 0.3) is 0 Å². The number of ketones is 4. The zero-order valence-electron chi connectivity index (χ0n) is 98.5. The van der Waals surface area contributed by atoms with Crippen LogP contribution in [0.4, 0.5) is 0 Å². The molecule has 0 saturated carbocycles. The number of amides is 7. The first-order chi connectivity index (χ1) is 61.5. The van der Waals surface area contributed by atoms with Crippen molar-refractivity contribution >= 4 is 64.5 Å². The van der Waals surface area contributed by atoms with Gasteiger partial charge in [0.25, 0.3) is 0 Å². The molecule has 7 amide bonds. The van der Waals surface area contributed by atoms with Gasteiger partial charge in [-0.3, -0.25) is 52.7 Å². The van der Waals surface area contributed by atoms with Crippen LogP contribution in [-0.4, -0.2) is 145 Å². The lowest BCUT2D eigenvalue weighted by Crippen LogP contribution is -2.32. The van der Waals surface area contributed by atoms with Gasteiger partial charge in [-0.15, -0.1) is 0 Å². The van der Waals surface area contributed by atoms with Crippen molar-refractivity contribution in [3.8, 4) is 0 Å². The smallest absolute Gasteiger partial charge is 0.224 e. The van der Waals surface area contributed by atoms with Crippen molar-refractivity contribution in [2.75, 3.05) is 47.3 Å². The summed E-state index contributed by atoms with van der Waals surface area (Å²) >= 11 is 0. The summed E-state index contributed by atoms with van der Waals surface area (Å²) in [6.45, 7) is 96.4. The predicted molar refractivity (Wildman–Crippen MR) is 585 cm³/mol. The summed E-state index contributed by atoms with van der Waals surface area (Å²) in [7, 11) is 5.65. The molecule has 0 aromatic heterocycles. The Kier molecular flexibility index (Phi) is 114. The van der Waals surface area contributed by atoms with Gasteiger partial charge >= 0.3 is 0 Å². The Balaban J connectivity index is -0.000000138. The Labute approximate surface area is 836 Å². The number of hydrogen-bond donors (Lipinski definition) is 4. The molecule has 4 N–H and O–H groups in total. The minimum absolute atomic E-state index is 0.127. The molecule has 0 saturated heterocycles. The van der Waals surface area contributed by atoms with E-state index in [1.54, 1.807) is 0 Å². The molecular weight excluding hydrogens is 1670 g/mol. The fourth-order valence-electron chi connectivity index (χ4n) is 11.8. The normalized spacial score (nSPS) is 11.0. The second-order valence-corrected chi connectivity index (χ2v) is 46.9. The van der Waals surface area contributed by atoms with Crippen molar-refractivity contribution < 1.29 is 52.7 Å². The van der Waals surface area contributed by atoms with Crippen molar-refractivity contribution in [2.45, 2.75) is 528 Å². The van der Waals surface area contributed by atoms with Crippen LogP contribution in [0, 0.1) is 112 Å². The van der Waals surface area contributed by atoms with E-state index in [9.17, 15) is 52.7 Å². The van der Waals surface area contributed by atoms with Crippen molar-refractivity contribution in [1.29, 1.82) is 0 Å². The fourth-order valence-corrected chi connectivity index (χ4v) is 11.8. The summed E-state index contributed by atoms with van der Waals surface area (Å²) in [5, 5.41) is 11.5. The molecule has 134 heavy (non-hydrogen) atoms. The van der Waals surface area contributed by atoms with Crippen LogP contribution in [0.5, 0.6) is 0 Å². The molecule has 0 aromatic rings. The molecule has 18 heteroatoms. The molecule has 0 aliphatic carbocycles. The third kappa shape index (κ3) is 150. The van der Waals surface area contributed by atoms with E-state index in [1.807, 2.05) is 105 Å². The molecular formula is C116H239N7O11. The van der Waals surface area contributed by atoms with Crippen LogP contribution < -0.4 is 21.3 Å². The van der Waals surface area contributed by atoms with Gasteiger partial charge in [0, 0.05) is 161 Å². The van der Waals surface area contributed by atoms with Crippen LogP contribution >= 0.6 is 0 Å². The second-order valence-electron chi connectivity index (χ2n) is 46.9. The topological polar surface area (TPSA) is 246 Å². The molecule has 0 heterocycles. The van der Waals surface area contributed by atoms with Crippen molar-refractivity contribution in [2.24, 2.45) is 112 Å². The summed E-state index contributed by atoms with van der Waals surface area (Å²) in [5.41, 5.74) is 0. The number of Topliss-reactive ketones (excluding diaryl/α,β-unsaturated/α-hetero) is 4. The van der Waals surface area contributed by atoms with Crippen LogP contribution in [0.3, 0.4) is 0 Å². The third-order valence-electron chi connectivity index (χ3n) is 20.6. The van der Waals surface area contributed by atoms with Crippen LogP contribution in [0.1, 0.15) is 510 Å². The highest BCUT2D eigenvalue weighted by Gasteiger charge is 2.17. The van der Waals surface area contributed by atoms with Gasteiger partial charge in [0.15, 0.2) is 0 Å². The summed E-state index contributed by atoms with van der Waals surface area (Å²) < 4.78 is 0. The Bertz CT molecular complexity index is 2580. The second kappa shape index (κ2) is 101. The fraction of sp³-hybridized carbons (Fsp3) is 0.905. The van der Waals surface area contributed by atoms with E-state index in [-0.39, 0.29) is 65.3 Å². The van der Waals surface area contributed by atoms with Crippen LogP contribution in [0.2, 0.25) is 0 Å². The molecule has 0 rings (SSSR count). The van der Waals surface area contributed by atoms with Gasteiger partial charge in [-0.1, -0.05) is 314 Å². The monoisotopic (exact) mass is 1910 g/mol. The molecule has 0 radical (unpaired) electrons. The van der Waals surface area contributed by atoms with Crippen LogP contribution in [-0.2, 0) is 52.7 Å². The summed E-state index contributed by atoms with van der Waals surface area (Å²) in [4.78, 5) is 129. The molecule has 0 spiro atoms. The van der Waals surface area contributed by atoms with E-state index in [0.717, 1.165) is 178 Å². The first-order valence-corrected chi connectivity index (χ1v) is 54.5. The third-order valence-corrected chi connectivity index (χ3v) is 20.6. The van der Waals surface area contributed by atoms with E-state index in [4.69, 9.17) is 0 Å². The molecule has 0 bridgehead atoms. The summed E-state index contributed by atoms with van der Waals surface area (Å²) in [6.07, 6.45) is 30.6. The maximum absolute atomic E-state index is 11.5. The van der Waals surface area contributed by atoms with Gasteiger partial charge in [-0.2, -0.15) is 0 Å². The lowest BCUT2D eigenvalue weighted by Gasteiger charge is -2.21. The highest BCUT2D eigenvalue weighted by Crippen LogP contribution is 2.17. The van der Waals surface area contributed by atoms with E-state index in [1.165, 1.54) is 44.9 Å². The first kappa shape index (κ1) is 152. The van der Waals surface area contributed by atoms with Crippen molar-refractivity contribution in [1.82, 2.24) is 36.0 Å². The average molecular weight is 1910 g/mol. The Morgan fingerprint density at radius 1 is 0.216 bits per heavy atom. The molecule has 0 fully saturated rings. The minimum Gasteiger partial charge on any atom is -0.356 e. The van der Waals surface area contributed by atoms with Crippen molar-refractivity contribution in [3.63, 3.8) is 0 Å². The first-order valence-electron chi connectivity index (χ1n) is 54.5. The maximum atomic E-state index is 11.5. The molecule has 0 unspecified atom stereocenters. The molecule has 0 aliphatic heterocycles. The van der Waals surface area contributed by atoms with E-state index in [2.05, 4.69) is 257 Å². The number of carbonyl (C=O) groups excluding carboxylic acids is 11. The number of nitrogens with zero attached hydrogens (tertiary/aromatic N) is 3. The van der Waals surface area contributed by atoms with Gasteiger partial charge < -0.3 is 36.0 Å². The van der Waals surface area contributed by atoms with Gasteiger partial charge in [-0.25, -0.2) is 0 Å². The zero-order valence-corrected chi connectivity index (χ0v) is 98.5. The maximum Gasteiger partial charge on any atom is 0.224 e.